The van der Waals surface area contributed by atoms with E-state index in [1.54, 1.807) is 19.1 Å². The Morgan fingerprint density at radius 2 is 1.84 bits per heavy atom. The number of hydrogen-bond acceptors (Lipinski definition) is 6. The summed E-state index contributed by atoms with van der Waals surface area (Å²) in [6.07, 6.45) is 1.39. The fourth-order valence-corrected chi connectivity index (χ4v) is 4.28. The Labute approximate surface area is 185 Å². The Morgan fingerprint density at radius 1 is 1.16 bits per heavy atom. The van der Waals surface area contributed by atoms with E-state index in [0.29, 0.717) is 5.75 Å². The average molecular weight is 461 g/mol. The Kier molecular flexibility index (Phi) is 6.62. The summed E-state index contributed by atoms with van der Waals surface area (Å²) in [5.41, 5.74) is 0.173. The van der Waals surface area contributed by atoms with E-state index in [9.17, 15) is 18.0 Å². The van der Waals surface area contributed by atoms with Gasteiger partial charge < -0.3 is 4.74 Å². The number of anilines is 1. The summed E-state index contributed by atoms with van der Waals surface area (Å²) in [5.74, 6) is -0.484. The molecule has 31 heavy (non-hydrogen) atoms. The minimum absolute atomic E-state index is 0.00480. The number of benzene rings is 2. The van der Waals surface area contributed by atoms with Crippen LogP contribution in [0.3, 0.4) is 0 Å². The van der Waals surface area contributed by atoms with Gasteiger partial charge in [-0.2, -0.15) is 0 Å². The second-order valence-corrected chi connectivity index (χ2v) is 9.28. The minimum atomic E-state index is -4.02. The van der Waals surface area contributed by atoms with Gasteiger partial charge >= 0.3 is 0 Å². The predicted molar refractivity (Wildman–Crippen MR) is 120 cm³/mol. The van der Waals surface area contributed by atoms with E-state index in [0.717, 1.165) is 0 Å². The quantitative estimate of drug-likeness (QED) is 0.486. The van der Waals surface area contributed by atoms with E-state index < -0.39 is 15.8 Å². The van der Waals surface area contributed by atoms with Crippen LogP contribution in [-0.4, -0.2) is 32.3 Å². The molecule has 0 aliphatic carbocycles. The monoisotopic (exact) mass is 460 g/mol. The predicted octanol–water partition coefficient (Wildman–Crippen LogP) is 4.43. The van der Waals surface area contributed by atoms with Crippen molar-refractivity contribution >= 4 is 45.1 Å². The van der Waals surface area contributed by atoms with E-state index >= 15 is 0 Å². The van der Waals surface area contributed by atoms with E-state index in [4.69, 9.17) is 16.3 Å². The molecule has 0 spiro atoms. The van der Waals surface area contributed by atoms with Crippen LogP contribution < -0.4 is 9.46 Å². The average Bonchev–Trinajstić information content (AvgIpc) is 2.69. The molecule has 0 atom stereocenters. The van der Waals surface area contributed by atoms with Crippen LogP contribution in [0.1, 0.15) is 37.6 Å². The number of hydrogen-bond donors (Lipinski definition) is 1. The highest BCUT2D eigenvalue weighted by atomic mass is 35.5. The molecular formula is C22H21ClN2O5S. The number of nitrogens with one attached hydrogen (secondary N) is 1. The first-order valence-corrected chi connectivity index (χ1v) is 11.3. The van der Waals surface area contributed by atoms with Gasteiger partial charge in [-0.1, -0.05) is 11.6 Å². The number of halogens is 1. The zero-order valence-corrected chi connectivity index (χ0v) is 18.8. The van der Waals surface area contributed by atoms with Crippen LogP contribution in [0.4, 0.5) is 5.69 Å². The minimum Gasteiger partial charge on any atom is -0.491 e. The summed E-state index contributed by atoms with van der Waals surface area (Å²) in [6.45, 7) is 5.28. The van der Waals surface area contributed by atoms with Gasteiger partial charge in [-0.05, 0) is 63.2 Å². The number of carbonyl (C=O) groups excluding carboxylic acids is 2. The number of carbonyl (C=O) groups is 2. The second kappa shape index (κ2) is 9.03. The third kappa shape index (κ3) is 5.21. The molecular weight excluding hydrogens is 440 g/mol. The van der Waals surface area contributed by atoms with Gasteiger partial charge in [0.05, 0.1) is 28.0 Å². The molecule has 0 saturated heterocycles. The van der Waals surface area contributed by atoms with Gasteiger partial charge in [0.15, 0.2) is 5.78 Å². The van der Waals surface area contributed by atoms with Gasteiger partial charge in [-0.15, -0.1) is 0 Å². The molecule has 9 heteroatoms. The molecule has 3 rings (SSSR count). The molecule has 0 amide bonds. The van der Waals surface area contributed by atoms with Crippen molar-refractivity contribution in [1.29, 1.82) is 0 Å². The Morgan fingerprint density at radius 3 is 2.45 bits per heavy atom. The molecule has 0 fully saturated rings. The van der Waals surface area contributed by atoms with Crippen molar-refractivity contribution in [3.63, 3.8) is 0 Å². The SMILES string of the molecule is CC1=C(C(=O)c2cc(Cl)ccc2NS(=O)(=O)c2ccc(OC(C)C)cc2)C(=O)CC=N1. The van der Waals surface area contributed by atoms with Crippen LogP contribution in [0.5, 0.6) is 5.75 Å². The lowest BCUT2D eigenvalue weighted by molar-refractivity contribution is -0.114. The summed E-state index contributed by atoms with van der Waals surface area (Å²) >= 11 is 6.05. The number of ether oxygens (including phenoxy) is 1. The van der Waals surface area contributed by atoms with Gasteiger partial charge in [-0.3, -0.25) is 19.3 Å². The van der Waals surface area contributed by atoms with Crippen molar-refractivity contribution in [2.45, 2.75) is 38.2 Å². The molecule has 7 nitrogen and oxygen atoms in total. The van der Waals surface area contributed by atoms with Crippen molar-refractivity contribution in [3.05, 3.63) is 64.3 Å². The molecule has 1 aliphatic rings. The third-order valence-corrected chi connectivity index (χ3v) is 6.02. The largest absolute Gasteiger partial charge is 0.491 e. The lowest BCUT2D eigenvalue weighted by Crippen LogP contribution is -2.21. The van der Waals surface area contributed by atoms with E-state index in [-0.39, 0.29) is 50.7 Å². The number of sulfonamides is 1. The van der Waals surface area contributed by atoms with E-state index in [1.165, 1.54) is 36.5 Å². The van der Waals surface area contributed by atoms with Crippen molar-refractivity contribution in [2.24, 2.45) is 4.99 Å². The molecule has 1 aliphatic heterocycles. The van der Waals surface area contributed by atoms with Gasteiger partial charge in [0.25, 0.3) is 10.0 Å². The molecule has 0 bridgehead atoms. The zero-order valence-electron chi connectivity index (χ0n) is 17.2. The number of nitrogens with zero attached hydrogens (tertiary/aromatic N) is 1. The van der Waals surface area contributed by atoms with Gasteiger partial charge in [0, 0.05) is 23.2 Å². The Hall–Kier alpha value is -2.97. The number of ketones is 2. The van der Waals surface area contributed by atoms with E-state index in [1.807, 2.05) is 13.8 Å². The molecule has 0 aromatic heterocycles. The smallest absolute Gasteiger partial charge is 0.261 e. The van der Waals surface area contributed by atoms with Crippen LogP contribution >= 0.6 is 11.6 Å². The lowest BCUT2D eigenvalue weighted by atomic mass is 9.94. The van der Waals surface area contributed by atoms with E-state index in [2.05, 4.69) is 9.71 Å². The first-order valence-electron chi connectivity index (χ1n) is 9.49. The molecule has 0 unspecified atom stereocenters. The first-order chi connectivity index (χ1) is 14.6. The Balaban J connectivity index is 1.96. The summed E-state index contributed by atoms with van der Waals surface area (Å²) in [7, 11) is -4.02. The fourth-order valence-electron chi connectivity index (χ4n) is 3.03. The normalized spacial score (nSPS) is 14.2. The fraction of sp³-hybridized carbons (Fsp3) is 0.227. The summed E-state index contributed by atoms with van der Waals surface area (Å²) < 4.78 is 33.8. The molecule has 0 saturated carbocycles. The van der Waals surface area contributed by atoms with Crippen LogP contribution in [0.15, 0.2) is 63.6 Å². The van der Waals surface area contributed by atoms with Crippen molar-refractivity contribution in [2.75, 3.05) is 4.72 Å². The molecule has 2 aromatic carbocycles. The summed E-state index contributed by atoms with van der Waals surface area (Å²) in [6, 6.07) is 10.1. The number of allylic oxidation sites excluding steroid dienone is 2. The maximum atomic E-state index is 13.1. The molecule has 0 radical (unpaired) electrons. The number of aliphatic imine (C=N–C) groups is 1. The molecule has 1 heterocycles. The Bertz CT molecular complexity index is 1200. The van der Waals surface area contributed by atoms with Crippen LogP contribution in [0.25, 0.3) is 0 Å². The van der Waals surface area contributed by atoms with Crippen LogP contribution in [0.2, 0.25) is 5.02 Å². The number of Topliss-reactive ketones (excluding diaryl/α,β-unsaturated/α-hetero) is 2. The summed E-state index contributed by atoms with van der Waals surface area (Å²) in [4.78, 5) is 29.4. The van der Waals surface area contributed by atoms with Gasteiger partial charge in [-0.25, -0.2) is 8.42 Å². The molecule has 1 N–H and O–H groups in total. The van der Waals surface area contributed by atoms with Crippen molar-refractivity contribution < 1.29 is 22.7 Å². The molecule has 2 aromatic rings. The lowest BCUT2D eigenvalue weighted by Gasteiger charge is -2.16. The first kappa shape index (κ1) is 22.7. The highest BCUT2D eigenvalue weighted by Crippen LogP contribution is 2.28. The number of rotatable bonds is 7. The van der Waals surface area contributed by atoms with Crippen molar-refractivity contribution in [3.8, 4) is 5.75 Å². The van der Waals surface area contributed by atoms with Crippen molar-refractivity contribution in [1.82, 2.24) is 0 Å². The highest BCUT2D eigenvalue weighted by molar-refractivity contribution is 7.92. The maximum Gasteiger partial charge on any atom is 0.261 e. The standard InChI is InChI=1S/C22H21ClN2O5S/c1-13(2)30-16-5-7-17(8-6-16)31(28,29)25-19-9-4-15(23)12-18(19)22(27)21-14(3)24-11-10-20(21)26/h4-9,11-13,25H,10H2,1-3H3. The maximum absolute atomic E-state index is 13.1. The van der Waals surface area contributed by atoms with Gasteiger partial charge in [0.1, 0.15) is 5.75 Å². The molecule has 162 valence electrons. The third-order valence-electron chi connectivity index (χ3n) is 4.41. The van der Waals surface area contributed by atoms with Gasteiger partial charge in [0.2, 0.25) is 5.78 Å². The van der Waals surface area contributed by atoms with Crippen LogP contribution in [0, 0.1) is 0 Å². The topological polar surface area (TPSA) is 102 Å². The highest BCUT2D eigenvalue weighted by Gasteiger charge is 2.27. The zero-order chi connectivity index (χ0) is 22.8. The summed E-state index contributed by atoms with van der Waals surface area (Å²) in [5, 5.41) is 0.228. The van der Waals surface area contributed by atoms with Crippen LogP contribution in [-0.2, 0) is 14.8 Å². The second-order valence-electron chi connectivity index (χ2n) is 7.16.